The van der Waals surface area contributed by atoms with E-state index in [1.807, 2.05) is 0 Å². The van der Waals surface area contributed by atoms with Crippen molar-refractivity contribution in [3.63, 3.8) is 0 Å². The Labute approximate surface area is 102 Å². The van der Waals surface area contributed by atoms with Gasteiger partial charge >= 0.3 is 0 Å². The first-order valence-corrected chi connectivity index (χ1v) is 7.07. The lowest BCUT2D eigenvalue weighted by molar-refractivity contribution is -0.173. The van der Waals surface area contributed by atoms with Gasteiger partial charge in [0, 0.05) is 5.92 Å². The molecule has 4 aliphatic rings. The maximum Gasteiger partial charge on any atom is 0.145 e. The number of hydrogen-bond acceptors (Lipinski definition) is 2. The largest absolute Gasteiger partial charge is 0.365 e. The summed E-state index contributed by atoms with van der Waals surface area (Å²) in [6.07, 6.45) is 10.8. The highest BCUT2D eigenvalue weighted by molar-refractivity contribution is 5.88. The summed E-state index contributed by atoms with van der Waals surface area (Å²) in [6, 6.07) is 0. The highest BCUT2D eigenvalue weighted by Gasteiger charge is 2.59. The van der Waals surface area contributed by atoms with Crippen molar-refractivity contribution in [2.75, 3.05) is 0 Å². The second-order valence-corrected chi connectivity index (χ2v) is 6.70. The molecule has 17 heavy (non-hydrogen) atoms. The Morgan fingerprint density at radius 3 is 3.00 bits per heavy atom. The van der Waals surface area contributed by atoms with Gasteiger partial charge in [0.1, 0.15) is 5.78 Å². The summed E-state index contributed by atoms with van der Waals surface area (Å²) in [5.41, 5.74) is 0.411. The zero-order chi connectivity index (χ0) is 11.6. The van der Waals surface area contributed by atoms with Crippen molar-refractivity contribution in [1.82, 2.24) is 0 Å². The molecule has 2 saturated carbocycles. The average Bonchev–Trinajstić information content (AvgIpc) is 2.74. The summed E-state index contributed by atoms with van der Waals surface area (Å²) >= 11 is 0. The molecular formula is C15H20O2. The molecule has 92 valence electrons. The number of Topliss-reactive ketones (excluding diaryl/α,β-unsaturated/α-hetero) is 1. The van der Waals surface area contributed by atoms with Crippen molar-refractivity contribution in [2.24, 2.45) is 23.2 Å². The molecule has 3 fully saturated rings. The van der Waals surface area contributed by atoms with Gasteiger partial charge in [0.2, 0.25) is 0 Å². The number of ketones is 1. The van der Waals surface area contributed by atoms with Gasteiger partial charge in [0.15, 0.2) is 0 Å². The highest BCUT2D eigenvalue weighted by Crippen LogP contribution is 2.58. The lowest BCUT2D eigenvalue weighted by Crippen LogP contribution is -2.57. The molecule has 2 aliphatic carbocycles. The summed E-state index contributed by atoms with van der Waals surface area (Å²) in [7, 11) is 0. The van der Waals surface area contributed by atoms with Crippen molar-refractivity contribution in [3.8, 4) is 0 Å². The van der Waals surface area contributed by atoms with Gasteiger partial charge in [-0.05, 0) is 30.6 Å². The second-order valence-electron chi connectivity index (χ2n) is 6.70. The molecule has 4 rings (SSSR count). The van der Waals surface area contributed by atoms with E-state index in [1.54, 1.807) is 0 Å². The third kappa shape index (κ3) is 1.22. The van der Waals surface area contributed by atoms with E-state index < -0.39 is 0 Å². The zero-order valence-corrected chi connectivity index (χ0v) is 10.4. The topological polar surface area (TPSA) is 26.3 Å². The van der Waals surface area contributed by atoms with Crippen LogP contribution >= 0.6 is 0 Å². The second kappa shape index (κ2) is 3.23. The molecule has 2 heteroatoms. The van der Waals surface area contributed by atoms with E-state index in [9.17, 15) is 4.79 Å². The Bertz CT molecular complexity index is 400. The van der Waals surface area contributed by atoms with Crippen LogP contribution in [-0.4, -0.2) is 18.0 Å². The molecule has 0 amide bonds. The smallest absolute Gasteiger partial charge is 0.145 e. The molecule has 2 nitrogen and oxygen atoms in total. The van der Waals surface area contributed by atoms with Crippen LogP contribution in [0.4, 0.5) is 0 Å². The van der Waals surface area contributed by atoms with E-state index >= 15 is 0 Å². The van der Waals surface area contributed by atoms with Gasteiger partial charge in [-0.25, -0.2) is 0 Å². The van der Waals surface area contributed by atoms with Crippen LogP contribution in [-0.2, 0) is 9.53 Å². The SMILES string of the molecule is C[C@]12CCCC[C@@H]1[C@H]1C(=O)[C@@H](C2)[C@@H]2C=C[C@H]1O2. The van der Waals surface area contributed by atoms with Crippen LogP contribution in [0.1, 0.15) is 39.0 Å². The van der Waals surface area contributed by atoms with E-state index in [0.29, 0.717) is 17.1 Å². The third-order valence-electron chi connectivity index (χ3n) is 5.78. The summed E-state index contributed by atoms with van der Waals surface area (Å²) in [5.74, 6) is 1.43. The molecule has 0 N–H and O–H groups in total. The van der Waals surface area contributed by atoms with Crippen molar-refractivity contribution in [3.05, 3.63) is 12.2 Å². The summed E-state index contributed by atoms with van der Waals surface area (Å²) in [6.45, 7) is 2.42. The minimum Gasteiger partial charge on any atom is -0.365 e. The highest BCUT2D eigenvalue weighted by atomic mass is 16.5. The molecule has 0 unspecified atom stereocenters. The lowest BCUT2D eigenvalue weighted by Gasteiger charge is -2.55. The number of ether oxygens (including phenoxy) is 1. The van der Waals surface area contributed by atoms with Crippen molar-refractivity contribution >= 4 is 5.78 Å². The molecular weight excluding hydrogens is 212 g/mol. The summed E-state index contributed by atoms with van der Waals surface area (Å²) < 4.78 is 6.00. The van der Waals surface area contributed by atoms with Crippen molar-refractivity contribution in [2.45, 2.75) is 51.2 Å². The van der Waals surface area contributed by atoms with Crippen LogP contribution in [0.3, 0.4) is 0 Å². The van der Waals surface area contributed by atoms with Gasteiger partial charge in [-0.2, -0.15) is 0 Å². The van der Waals surface area contributed by atoms with Crippen LogP contribution in [0.25, 0.3) is 0 Å². The third-order valence-corrected chi connectivity index (χ3v) is 5.78. The Morgan fingerprint density at radius 2 is 2.12 bits per heavy atom. The average molecular weight is 232 g/mol. The quantitative estimate of drug-likeness (QED) is 0.600. The number of fused-ring (bicyclic) bond motifs is 8. The molecule has 6 atom stereocenters. The standard InChI is InChI=1S/C15H20O2/c1-15-7-3-2-4-10(15)13-12-6-5-11(17-12)9(8-15)14(13)16/h5-6,9-13H,2-4,7-8H2,1H3/t9-,10+,11-,12+,13+,15+/m0/s1. The van der Waals surface area contributed by atoms with E-state index in [1.165, 1.54) is 25.7 Å². The van der Waals surface area contributed by atoms with Gasteiger partial charge < -0.3 is 4.74 Å². The molecule has 2 heterocycles. The number of carbonyl (C=O) groups excluding carboxylic acids is 1. The van der Waals surface area contributed by atoms with Crippen LogP contribution in [0, 0.1) is 23.2 Å². The predicted molar refractivity (Wildman–Crippen MR) is 64.5 cm³/mol. The molecule has 0 aromatic rings. The van der Waals surface area contributed by atoms with Crippen LogP contribution in [0.2, 0.25) is 0 Å². The Balaban J connectivity index is 1.79. The Hall–Kier alpha value is -0.630. The summed E-state index contributed by atoms with van der Waals surface area (Å²) in [5, 5.41) is 0. The van der Waals surface area contributed by atoms with Gasteiger partial charge in [0.05, 0.1) is 18.1 Å². The van der Waals surface area contributed by atoms with Gasteiger partial charge in [0.25, 0.3) is 0 Å². The van der Waals surface area contributed by atoms with Crippen molar-refractivity contribution < 1.29 is 9.53 Å². The fourth-order valence-electron chi connectivity index (χ4n) is 4.94. The lowest BCUT2D eigenvalue weighted by atomic mass is 9.52. The van der Waals surface area contributed by atoms with Gasteiger partial charge in [-0.15, -0.1) is 0 Å². The maximum absolute atomic E-state index is 12.5. The first kappa shape index (κ1) is 10.3. The van der Waals surface area contributed by atoms with Crippen LogP contribution in [0.15, 0.2) is 12.2 Å². The van der Waals surface area contributed by atoms with E-state index in [-0.39, 0.29) is 24.0 Å². The first-order valence-electron chi connectivity index (χ1n) is 7.07. The minimum absolute atomic E-state index is 0.100. The minimum atomic E-state index is 0.100. The molecule has 0 aromatic carbocycles. The monoisotopic (exact) mass is 232 g/mol. The normalized spacial score (nSPS) is 55.8. The molecule has 0 radical (unpaired) electrons. The Morgan fingerprint density at radius 1 is 1.29 bits per heavy atom. The molecule has 0 aromatic heterocycles. The summed E-state index contributed by atoms with van der Waals surface area (Å²) in [4.78, 5) is 12.5. The maximum atomic E-state index is 12.5. The number of rotatable bonds is 0. The van der Waals surface area contributed by atoms with E-state index in [0.717, 1.165) is 6.42 Å². The van der Waals surface area contributed by atoms with Gasteiger partial charge in [-0.1, -0.05) is 31.9 Å². The number of carbonyl (C=O) groups is 1. The fraction of sp³-hybridized carbons (Fsp3) is 0.800. The molecule has 4 bridgehead atoms. The zero-order valence-electron chi connectivity index (χ0n) is 10.4. The van der Waals surface area contributed by atoms with Gasteiger partial charge in [-0.3, -0.25) is 4.79 Å². The Kier molecular flexibility index (Phi) is 1.96. The molecule has 2 aliphatic heterocycles. The van der Waals surface area contributed by atoms with E-state index in [4.69, 9.17) is 4.74 Å². The predicted octanol–water partition coefficient (Wildman–Crippen LogP) is 2.73. The van der Waals surface area contributed by atoms with Crippen molar-refractivity contribution in [1.29, 1.82) is 0 Å². The molecule has 1 saturated heterocycles. The fourth-order valence-corrected chi connectivity index (χ4v) is 4.94. The first-order chi connectivity index (χ1) is 8.19. The number of hydrogen-bond donors (Lipinski definition) is 0. The molecule has 0 spiro atoms. The van der Waals surface area contributed by atoms with Crippen LogP contribution < -0.4 is 0 Å². The van der Waals surface area contributed by atoms with E-state index in [2.05, 4.69) is 19.1 Å². The van der Waals surface area contributed by atoms with Crippen LogP contribution in [0.5, 0.6) is 0 Å².